The van der Waals surface area contributed by atoms with Gasteiger partial charge in [0.25, 0.3) is 0 Å². The minimum absolute atomic E-state index is 0.0222. The van der Waals surface area contributed by atoms with E-state index in [9.17, 15) is 9.18 Å². The summed E-state index contributed by atoms with van der Waals surface area (Å²) in [6.07, 6.45) is 0. The van der Waals surface area contributed by atoms with E-state index in [4.69, 9.17) is 16.3 Å². The summed E-state index contributed by atoms with van der Waals surface area (Å²) >= 11 is 6.95. The molecule has 0 saturated carbocycles. The molecule has 0 spiro atoms. The van der Waals surface area contributed by atoms with Gasteiger partial charge in [0.2, 0.25) is 5.78 Å². The number of ketones is 1. The number of benzene rings is 1. The molecule has 2 rings (SSSR count). The highest BCUT2D eigenvalue weighted by atomic mass is 35.5. The molecule has 17 heavy (non-hydrogen) atoms. The lowest BCUT2D eigenvalue weighted by molar-refractivity contribution is 0.0925. The van der Waals surface area contributed by atoms with Crippen LogP contribution in [0.2, 0.25) is 5.02 Å². The summed E-state index contributed by atoms with van der Waals surface area (Å²) in [5, 5.41) is 1.80. The quantitative estimate of drug-likeness (QED) is 0.790. The summed E-state index contributed by atoms with van der Waals surface area (Å²) in [6.45, 7) is -0.0809. The van der Waals surface area contributed by atoms with E-state index in [0.717, 1.165) is 0 Å². The van der Waals surface area contributed by atoms with Gasteiger partial charge in [-0.3, -0.25) is 4.79 Å². The smallest absolute Gasteiger partial charge is 0.210 e. The molecular weight excluding hydrogens is 263 g/mol. The van der Waals surface area contributed by atoms with Crippen LogP contribution in [0.1, 0.15) is 9.67 Å². The second-order valence-electron chi connectivity index (χ2n) is 3.27. The van der Waals surface area contributed by atoms with Crippen molar-refractivity contribution in [2.75, 3.05) is 6.61 Å². The van der Waals surface area contributed by atoms with Gasteiger partial charge in [0.1, 0.15) is 11.6 Å². The minimum Gasteiger partial charge on any atom is -0.485 e. The SMILES string of the molecule is O=C(COc1ccc(F)c(Cl)c1)c1cccs1. The highest BCUT2D eigenvalue weighted by Crippen LogP contribution is 2.21. The number of rotatable bonds is 4. The Morgan fingerprint density at radius 1 is 1.41 bits per heavy atom. The molecule has 0 fully saturated rings. The van der Waals surface area contributed by atoms with Crippen molar-refractivity contribution in [1.82, 2.24) is 0 Å². The topological polar surface area (TPSA) is 26.3 Å². The summed E-state index contributed by atoms with van der Waals surface area (Å²) < 4.78 is 18.1. The minimum atomic E-state index is -0.511. The lowest BCUT2D eigenvalue weighted by Crippen LogP contribution is -2.10. The molecule has 0 atom stereocenters. The van der Waals surface area contributed by atoms with E-state index >= 15 is 0 Å². The fourth-order valence-electron chi connectivity index (χ4n) is 1.22. The molecule has 0 aliphatic heterocycles. The van der Waals surface area contributed by atoms with E-state index in [1.807, 2.05) is 5.38 Å². The highest BCUT2D eigenvalue weighted by molar-refractivity contribution is 7.12. The van der Waals surface area contributed by atoms with Crippen molar-refractivity contribution in [1.29, 1.82) is 0 Å². The van der Waals surface area contributed by atoms with Gasteiger partial charge in [-0.05, 0) is 23.6 Å². The first kappa shape index (κ1) is 12.1. The first-order valence-corrected chi connectivity index (χ1v) is 6.07. The lowest BCUT2D eigenvalue weighted by atomic mass is 10.3. The summed E-state index contributed by atoms with van der Waals surface area (Å²) in [5.41, 5.74) is 0. The third-order valence-corrected chi connectivity index (χ3v) is 3.26. The van der Waals surface area contributed by atoms with Crippen molar-refractivity contribution in [3.8, 4) is 5.75 Å². The van der Waals surface area contributed by atoms with E-state index in [0.29, 0.717) is 10.6 Å². The van der Waals surface area contributed by atoms with Crippen molar-refractivity contribution in [2.45, 2.75) is 0 Å². The van der Waals surface area contributed by atoms with Gasteiger partial charge in [-0.2, -0.15) is 0 Å². The molecule has 0 aliphatic carbocycles. The van der Waals surface area contributed by atoms with E-state index in [1.165, 1.54) is 29.5 Å². The predicted molar refractivity (Wildman–Crippen MR) is 65.6 cm³/mol. The Kier molecular flexibility index (Phi) is 3.76. The van der Waals surface area contributed by atoms with Gasteiger partial charge in [0, 0.05) is 6.07 Å². The van der Waals surface area contributed by atoms with Gasteiger partial charge in [0.15, 0.2) is 6.61 Å². The molecule has 0 N–H and O–H groups in total. The second-order valence-corrected chi connectivity index (χ2v) is 4.62. The molecule has 0 unspecified atom stereocenters. The van der Waals surface area contributed by atoms with Crippen LogP contribution in [0.4, 0.5) is 4.39 Å². The summed E-state index contributed by atoms with van der Waals surface area (Å²) in [4.78, 5) is 12.2. The molecule has 88 valence electrons. The van der Waals surface area contributed by atoms with Gasteiger partial charge in [-0.1, -0.05) is 17.7 Å². The first-order chi connectivity index (χ1) is 8.16. The number of hydrogen-bond donors (Lipinski definition) is 0. The Morgan fingerprint density at radius 2 is 2.24 bits per heavy atom. The molecule has 1 aromatic heterocycles. The Bertz CT molecular complexity index is 525. The van der Waals surface area contributed by atoms with Gasteiger partial charge in [0.05, 0.1) is 9.90 Å². The third-order valence-electron chi connectivity index (χ3n) is 2.06. The zero-order chi connectivity index (χ0) is 12.3. The summed E-state index contributed by atoms with van der Waals surface area (Å²) in [5.74, 6) is -0.245. The zero-order valence-electron chi connectivity index (χ0n) is 8.65. The maximum atomic E-state index is 12.9. The van der Waals surface area contributed by atoms with Crippen LogP contribution in [0.25, 0.3) is 0 Å². The molecule has 0 radical (unpaired) electrons. The van der Waals surface area contributed by atoms with E-state index in [2.05, 4.69) is 0 Å². The van der Waals surface area contributed by atoms with Crippen LogP contribution in [0.15, 0.2) is 35.7 Å². The molecule has 0 amide bonds. The van der Waals surface area contributed by atoms with Gasteiger partial charge < -0.3 is 4.74 Å². The van der Waals surface area contributed by atoms with E-state index < -0.39 is 5.82 Å². The predicted octanol–water partition coefficient (Wildman–Crippen LogP) is 3.80. The van der Waals surface area contributed by atoms with Crippen LogP contribution in [0, 0.1) is 5.82 Å². The fraction of sp³-hybridized carbons (Fsp3) is 0.0833. The number of thiophene rings is 1. The Balaban J connectivity index is 1.98. The highest BCUT2D eigenvalue weighted by Gasteiger charge is 2.08. The normalized spacial score (nSPS) is 10.2. The number of ether oxygens (including phenoxy) is 1. The van der Waals surface area contributed by atoms with Crippen molar-refractivity contribution < 1.29 is 13.9 Å². The molecule has 0 bridgehead atoms. The van der Waals surface area contributed by atoms with Crippen LogP contribution < -0.4 is 4.74 Å². The average Bonchev–Trinajstić information content (AvgIpc) is 2.84. The summed E-state index contributed by atoms with van der Waals surface area (Å²) in [6, 6.07) is 7.51. The third kappa shape index (κ3) is 3.05. The van der Waals surface area contributed by atoms with Crippen LogP contribution in [0.3, 0.4) is 0 Å². The van der Waals surface area contributed by atoms with E-state index in [-0.39, 0.29) is 17.4 Å². The molecular formula is C12H8ClFO2S. The Hall–Kier alpha value is -1.39. The standard InChI is InChI=1S/C12H8ClFO2S/c13-9-6-8(3-4-10(9)14)16-7-11(15)12-2-1-5-17-12/h1-6H,7H2. The Morgan fingerprint density at radius 3 is 2.88 bits per heavy atom. The molecule has 2 nitrogen and oxygen atoms in total. The number of carbonyl (C=O) groups excluding carboxylic acids is 1. The van der Waals surface area contributed by atoms with Crippen molar-refractivity contribution in [2.24, 2.45) is 0 Å². The Labute approximate surface area is 107 Å². The number of hydrogen-bond acceptors (Lipinski definition) is 3. The van der Waals surface area contributed by atoms with Gasteiger partial charge in [-0.25, -0.2) is 4.39 Å². The van der Waals surface area contributed by atoms with E-state index in [1.54, 1.807) is 12.1 Å². The zero-order valence-corrected chi connectivity index (χ0v) is 10.2. The largest absolute Gasteiger partial charge is 0.485 e. The lowest BCUT2D eigenvalue weighted by Gasteiger charge is -2.05. The van der Waals surface area contributed by atoms with Crippen LogP contribution in [-0.4, -0.2) is 12.4 Å². The maximum absolute atomic E-state index is 12.9. The maximum Gasteiger partial charge on any atom is 0.210 e. The first-order valence-electron chi connectivity index (χ1n) is 4.81. The molecule has 0 saturated heterocycles. The molecule has 1 aromatic carbocycles. The summed E-state index contributed by atoms with van der Waals surface area (Å²) in [7, 11) is 0. The monoisotopic (exact) mass is 270 g/mol. The van der Waals surface area contributed by atoms with Gasteiger partial charge >= 0.3 is 0 Å². The van der Waals surface area contributed by atoms with Crippen LogP contribution >= 0.6 is 22.9 Å². The van der Waals surface area contributed by atoms with Crippen molar-refractivity contribution in [3.63, 3.8) is 0 Å². The second kappa shape index (κ2) is 5.29. The van der Waals surface area contributed by atoms with Crippen molar-refractivity contribution in [3.05, 3.63) is 51.4 Å². The molecule has 0 aliphatic rings. The van der Waals surface area contributed by atoms with Crippen LogP contribution in [0.5, 0.6) is 5.75 Å². The number of Topliss-reactive ketones (excluding diaryl/α,β-unsaturated/α-hetero) is 1. The van der Waals surface area contributed by atoms with Crippen LogP contribution in [-0.2, 0) is 0 Å². The van der Waals surface area contributed by atoms with Crippen molar-refractivity contribution >= 4 is 28.7 Å². The molecule has 5 heteroatoms. The van der Waals surface area contributed by atoms with Gasteiger partial charge in [-0.15, -0.1) is 11.3 Å². The fourth-order valence-corrected chi connectivity index (χ4v) is 2.05. The number of halogens is 2. The average molecular weight is 271 g/mol. The molecule has 2 aromatic rings. The molecule has 1 heterocycles. The number of carbonyl (C=O) groups is 1.